The van der Waals surface area contributed by atoms with Crippen LogP contribution in [0.4, 0.5) is 5.82 Å². The largest absolute Gasteiger partial charge is 0.507 e. The van der Waals surface area contributed by atoms with Crippen molar-refractivity contribution in [1.82, 2.24) is 10.2 Å². The molecule has 0 amide bonds. The number of allylic oxidation sites excluding steroid dienone is 1. The number of benzene rings is 1. The fourth-order valence-electron chi connectivity index (χ4n) is 1.85. The summed E-state index contributed by atoms with van der Waals surface area (Å²) in [6, 6.07) is 10.4. The van der Waals surface area contributed by atoms with Crippen LogP contribution >= 0.6 is 0 Å². The lowest BCUT2D eigenvalue weighted by atomic mass is 10.1. The number of hydrogen-bond acceptors (Lipinski definition) is 6. The number of nitriles is 1. The Morgan fingerprint density at radius 3 is 2.86 bits per heavy atom. The number of nitrogens with zero attached hydrogens (tertiary/aromatic N) is 3. The molecule has 3 N–H and O–H groups in total. The van der Waals surface area contributed by atoms with Crippen LogP contribution in [0.15, 0.2) is 42.5 Å². The van der Waals surface area contributed by atoms with Crippen molar-refractivity contribution in [3.63, 3.8) is 0 Å². The Labute approximate surface area is 128 Å². The second-order valence-corrected chi connectivity index (χ2v) is 4.66. The highest BCUT2D eigenvalue weighted by molar-refractivity contribution is 5.68. The number of ether oxygens (including phenoxy) is 1. The molecular weight excluding hydrogens is 280 g/mol. The van der Waals surface area contributed by atoms with E-state index in [1.165, 1.54) is 0 Å². The van der Waals surface area contributed by atoms with Crippen molar-refractivity contribution in [2.75, 3.05) is 12.3 Å². The van der Waals surface area contributed by atoms with Crippen LogP contribution in [0.2, 0.25) is 0 Å². The molecule has 0 unspecified atom stereocenters. The van der Waals surface area contributed by atoms with Gasteiger partial charge in [-0.3, -0.25) is 0 Å². The van der Waals surface area contributed by atoms with E-state index in [1.807, 2.05) is 6.07 Å². The number of aromatic hydroxyl groups is 1. The van der Waals surface area contributed by atoms with E-state index in [0.29, 0.717) is 42.0 Å². The van der Waals surface area contributed by atoms with Crippen molar-refractivity contribution < 1.29 is 9.84 Å². The van der Waals surface area contributed by atoms with Gasteiger partial charge in [0.2, 0.25) is 0 Å². The number of nitrogens with two attached hydrogens (primary N) is 1. The molecule has 0 radical (unpaired) electrons. The lowest BCUT2D eigenvalue weighted by Gasteiger charge is -2.09. The van der Waals surface area contributed by atoms with Crippen LogP contribution in [-0.2, 0) is 0 Å². The first-order valence-electron chi connectivity index (χ1n) is 6.74. The third kappa shape index (κ3) is 3.73. The van der Waals surface area contributed by atoms with Gasteiger partial charge < -0.3 is 15.6 Å². The molecule has 112 valence electrons. The molecular formula is C16H16N4O2. The van der Waals surface area contributed by atoms with Gasteiger partial charge >= 0.3 is 0 Å². The number of hydrogen-bond donors (Lipinski definition) is 2. The second kappa shape index (κ2) is 7.09. The minimum atomic E-state index is 0.109. The van der Waals surface area contributed by atoms with Gasteiger partial charge in [0.1, 0.15) is 11.4 Å². The molecule has 6 heteroatoms. The standard InChI is InChI=1S/C16H16N4O2/c1-11(10-17)5-4-8-22-15-9-13(19-20-16(15)18)12-6-2-3-7-14(12)21/h2-3,6-7,9,21H,1,4-5,8H2,(H2,18,20). The van der Waals surface area contributed by atoms with Gasteiger partial charge in [0.25, 0.3) is 0 Å². The Balaban J connectivity index is 2.09. The van der Waals surface area contributed by atoms with Crippen LogP contribution in [0.1, 0.15) is 12.8 Å². The highest BCUT2D eigenvalue weighted by atomic mass is 16.5. The Hall–Kier alpha value is -3.07. The molecule has 22 heavy (non-hydrogen) atoms. The normalized spacial score (nSPS) is 9.95. The van der Waals surface area contributed by atoms with Crippen molar-refractivity contribution in [3.8, 4) is 28.8 Å². The lowest BCUT2D eigenvalue weighted by Crippen LogP contribution is -2.04. The van der Waals surface area contributed by atoms with E-state index in [-0.39, 0.29) is 11.6 Å². The first-order chi connectivity index (χ1) is 10.6. The third-order valence-corrected chi connectivity index (χ3v) is 3.00. The first kappa shape index (κ1) is 15.3. The Kier molecular flexibility index (Phi) is 4.94. The average Bonchev–Trinajstić information content (AvgIpc) is 2.53. The van der Waals surface area contributed by atoms with Gasteiger partial charge in [-0.05, 0) is 25.0 Å². The average molecular weight is 296 g/mol. The smallest absolute Gasteiger partial charge is 0.188 e. The van der Waals surface area contributed by atoms with Gasteiger partial charge in [-0.15, -0.1) is 10.2 Å². The van der Waals surface area contributed by atoms with Crippen LogP contribution in [0, 0.1) is 11.3 Å². The molecule has 0 saturated carbocycles. The van der Waals surface area contributed by atoms with Crippen LogP contribution in [0.25, 0.3) is 11.3 Å². The monoisotopic (exact) mass is 296 g/mol. The van der Waals surface area contributed by atoms with Crippen LogP contribution in [0.3, 0.4) is 0 Å². The van der Waals surface area contributed by atoms with E-state index in [4.69, 9.17) is 15.7 Å². The fraction of sp³-hybridized carbons (Fsp3) is 0.188. The Morgan fingerprint density at radius 1 is 1.36 bits per heavy atom. The molecule has 1 aromatic carbocycles. The summed E-state index contributed by atoms with van der Waals surface area (Å²) in [5, 5.41) is 26.3. The van der Waals surface area contributed by atoms with E-state index in [1.54, 1.807) is 30.3 Å². The predicted octanol–water partition coefficient (Wildman–Crippen LogP) is 2.67. The second-order valence-electron chi connectivity index (χ2n) is 4.66. The number of phenols is 1. The number of phenolic OH excluding ortho intramolecular Hbond substituents is 1. The number of rotatable bonds is 6. The fourth-order valence-corrected chi connectivity index (χ4v) is 1.85. The maximum Gasteiger partial charge on any atom is 0.188 e. The maximum atomic E-state index is 9.85. The molecule has 0 aliphatic rings. The van der Waals surface area contributed by atoms with Crippen molar-refractivity contribution in [2.24, 2.45) is 0 Å². The molecule has 0 spiro atoms. The zero-order valence-electron chi connectivity index (χ0n) is 12.0. The molecule has 0 aliphatic heterocycles. The van der Waals surface area contributed by atoms with E-state index >= 15 is 0 Å². The highest BCUT2D eigenvalue weighted by Gasteiger charge is 2.10. The molecule has 0 fully saturated rings. The molecule has 0 bridgehead atoms. The number of anilines is 1. The van der Waals surface area contributed by atoms with Gasteiger partial charge in [0.15, 0.2) is 11.6 Å². The van der Waals surface area contributed by atoms with Crippen LogP contribution in [0.5, 0.6) is 11.5 Å². The van der Waals surface area contributed by atoms with Gasteiger partial charge in [-0.2, -0.15) is 5.26 Å². The van der Waals surface area contributed by atoms with E-state index in [0.717, 1.165) is 0 Å². The summed E-state index contributed by atoms with van der Waals surface area (Å²) in [6.45, 7) is 3.99. The zero-order valence-corrected chi connectivity index (χ0v) is 12.0. The molecule has 1 aromatic heterocycles. The van der Waals surface area contributed by atoms with Crippen molar-refractivity contribution in [2.45, 2.75) is 12.8 Å². The zero-order chi connectivity index (χ0) is 15.9. The van der Waals surface area contributed by atoms with E-state index in [9.17, 15) is 5.11 Å². The quantitative estimate of drug-likeness (QED) is 0.627. The topological polar surface area (TPSA) is 105 Å². The summed E-state index contributed by atoms with van der Waals surface area (Å²) < 4.78 is 5.57. The van der Waals surface area contributed by atoms with Crippen LogP contribution < -0.4 is 10.5 Å². The van der Waals surface area contributed by atoms with Gasteiger partial charge in [-0.1, -0.05) is 18.7 Å². The molecule has 2 rings (SSSR count). The van der Waals surface area contributed by atoms with Gasteiger partial charge in [0, 0.05) is 17.2 Å². The Morgan fingerprint density at radius 2 is 2.14 bits per heavy atom. The van der Waals surface area contributed by atoms with Crippen molar-refractivity contribution >= 4 is 5.82 Å². The minimum absolute atomic E-state index is 0.109. The summed E-state index contributed by atoms with van der Waals surface area (Å²) in [5.74, 6) is 0.687. The minimum Gasteiger partial charge on any atom is -0.507 e. The molecule has 0 saturated heterocycles. The molecule has 2 aromatic rings. The first-order valence-corrected chi connectivity index (χ1v) is 6.74. The lowest BCUT2D eigenvalue weighted by molar-refractivity contribution is 0.311. The van der Waals surface area contributed by atoms with Crippen molar-refractivity contribution in [1.29, 1.82) is 5.26 Å². The summed E-state index contributed by atoms with van der Waals surface area (Å²) in [4.78, 5) is 0. The summed E-state index contributed by atoms with van der Waals surface area (Å²) in [7, 11) is 0. The Bertz CT molecular complexity index is 722. The molecule has 0 aliphatic carbocycles. The molecule has 1 heterocycles. The predicted molar refractivity (Wildman–Crippen MR) is 83.0 cm³/mol. The van der Waals surface area contributed by atoms with Crippen LogP contribution in [-0.4, -0.2) is 21.9 Å². The molecule has 0 atom stereocenters. The number of aromatic nitrogens is 2. The number of nitrogen functional groups attached to an aromatic ring is 1. The summed E-state index contributed by atoms with van der Waals surface area (Å²) in [5.41, 5.74) is 7.29. The maximum absolute atomic E-state index is 9.85. The third-order valence-electron chi connectivity index (χ3n) is 3.00. The number of para-hydroxylation sites is 1. The highest BCUT2D eigenvalue weighted by Crippen LogP contribution is 2.30. The van der Waals surface area contributed by atoms with Crippen molar-refractivity contribution in [3.05, 3.63) is 42.5 Å². The summed E-state index contributed by atoms with van der Waals surface area (Å²) in [6.07, 6.45) is 1.22. The van der Waals surface area contributed by atoms with Gasteiger partial charge in [0.05, 0.1) is 12.7 Å². The van der Waals surface area contributed by atoms with E-state index < -0.39 is 0 Å². The molecule has 6 nitrogen and oxygen atoms in total. The van der Waals surface area contributed by atoms with Gasteiger partial charge in [-0.25, -0.2) is 0 Å². The summed E-state index contributed by atoms with van der Waals surface area (Å²) >= 11 is 0. The van der Waals surface area contributed by atoms with E-state index in [2.05, 4.69) is 16.8 Å². The SMILES string of the molecule is C=C(C#N)CCCOc1cc(-c2ccccc2O)nnc1N.